The summed E-state index contributed by atoms with van der Waals surface area (Å²) in [5.74, 6) is -1.15. The van der Waals surface area contributed by atoms with Crippen molar-refractivity contribution in [1.82, 2.24) is 4.98 Å². The van der Waals surface area contributed by atoms with Crippen LogP contribution >= 0.6 is 0 Å². The molecule has 2 aromatic rings. The maximum absolute atomic E-state index is 13.9. The molecule has 21 heavy (non-hydrogen) atoms. The number of nitrogens with one attached hydrogen (secondary N) is 1. The molecule has 1 N–H and O–H groups in total. The molecule has 0 saturated heterocycles. The molecule has 0 fully saturated rings. The normalized spacial score (nSPS) is 11.2. The number of benzene rings is 1. The van der Waals surface area contributed by atoms with Crippen molar-refractivity contribution in [3.63, 3.8) is 0 Å². The van der Waals surface area contributed by atoms with Crippen molar-refractivity contribution in [2.75, 3.05) is 0 Å². The molecule has 0 bridgehead atoms. The van der Waals surface area contributed by atoms with E-state index < -0.39 is 23.1 Å². The minimum atomic E-state index is -4.67. The van der Waals surface area contributed by atoms with Crippen LogP contribution in [0.15, 0.2) is 29.1 Å². The summed E-state index contributed by atoms with van der Waals surface area (Å²) in [6.45, 7) is 1.52. The van der Waals surface area contributed by atoms with Crippen LogP contribution in [0.2, 0.25) is 0 Å². The quantitative estimate of drug-likeness (QED) is 0.820. The van der Waals surface area contributed by atoms with Gasteiger partial charge in [0.15, 0.2) is 0 Å². The molecular formula is C14H8F4N2O. The number of aryl methyl sites for hydroxylation is 1. The van der Waals surface area contributed by atoms with Crippen LogP contribution < -0.4 is 5.56 Å². The van der Waals surface area contributed by atoms with Gasteiger partial charge in [-0.15, -0.1) is 0 Å². The van der Waals surface area contributed by atoms with Crippen LogP contribution in [0.4, 0.5) is 17.6 Å². The zero-order valence-corrected chi connectivity index (χ0v) is 10.7. The van der Waals surface area contributed by atoms with Crippen LogP contribution in [0, 0.1) is 24.1 Å². The maximum Gasteiger partial charge on any atom is 0.416 e. The molecule has 0 saturated carbocycles. The first kappa shape index (κ1) is 14.8. The average Bonchev–Trinajstić information content (AvgIpc) is 2.36. The summed E-state index contributed by atoms with van der Waals surface area (Å²) in [7, 11) is 0. The SMILES string of the molecule is Cc1cc(-c2ccc(C(F)(F)F)cc2F)c(C#N)c(=O)[nH]1. The third-order valence-electron chi connectivity index (χ3n) is 2.87. The second-order valence-corrected chi connectivity index (χ2v) is 4.37. The Hall–Kier alpha value is -2.62. The van der Waals surface area contributed by atoms with Crippen molar-refractivity contribution in [1.29, 1.82) is 5.26 Å². The topological polar surface area (TPSA) is 56.6 Å². The lowest BCUT2D eigenvalue weighted by atomic mass is 9.99. The summed E-state index contributed by atoms with van der Waals surface area (Å²) in [4.78, 5) is 14.0. The number of alkyl halides is 3. The molecule has 3 nitrogen and oxygen atoms in total. The van der Waals surface area contributed by atoms with E-state index in [9.17, 15) is 22.4 Å². The predicted octanol–water partition coefficient (Wildman–Crippen LogP) is 3.38. The van der Waals surface area contributed by atoms with E-state index in [2.05, 4.69) is 4.98 Å². The van der Waals surface area contributed by atoms with Crippen LogP contribution in [-0.4, -0.2) is 4.98 Å². The third-order valence-corrected chi connectivity index (χ3v) is 2.87. The van der Waals surface area contributed by atoms with Gasteiger partial charge >= 0.3 is 6.18 Å². The Kier molecular flexibility index (Phi) is 3.56. The molecule has 0 spiro atoms. The lowest BCUT2D eigenvalue weighted by Crippen LogP contribution is -2.13. The van der Waals surface area contributed by atoms with Crippen molar-refractivity contribution in [3.8, 4) is 17.2 Å². The van der Waals surface area contributed by atoms with E-state index in [1.807, 2.05) is 0 Å². The Labute approximate surface area is 116 Å². The molecule has 1 heterocycles. The van der Waals surface area contributed by atoms with Gasteiger partial charge in [-0.05, 0) is 25.1 Å². The van der Waals surface area contributed by atoms with Gasteiger partial charge in [0.1, 0.15) is 17.4 Å². The predicted molar refractivity (Wildman–Crippen MR) is 66.9 cm³/mol. The second kappa shape index (κ2) is 5.05. The Morgan fingerprint density at radius 3 is 2.38 bits per heavy atom. The largest absolute Gasteiger partial charge is 0.416 e. The fourth-order valence-electron chi connectivity index (χ4n) is 1.92. The first-order valence-electron chi connectivity index (χ1n) is 5.75. The minimum absolute atomic E-state index is 0.0371. The molecule has 0 amide bonds. The summed E-state index contributed by atoms with van der Waals surface area (Å²) >= 11 is 0. The molecule has 0 aliphatic rings. The summed E-state index contributed by atoms with van der Waals surface area (Å²) in [5, 5.41) is 8.95. The highest BCUT2D eigenvalue weighted by atomic mass is 19.4. The zero-order valence-electron chi connectivity index (χ0n) is 10.7. The molecule has 0 unspecified atom stereocenters. The first-order valence-corrected chi connectivity index (χ1v) is 5.75. The number of halogens is 4. The molecule has 2 rings (SSSR count). The number of nitriles is 1. The lowest BCUT2D eigenvalue weighted by molar-refractivity contribution is -0.137. The lowest BCUT2D eigenvalue weighted by Gasteiger charge is -2.10. The fraction of sp³-hybridized carbons (Fsp3) is 0.143. The smallest absolute Gasteiger partial charge is 0.325 e. The summed E-state index contributed by atoms with van der Waals surface area (Å²) < 4.78 is 51.4. The molecule has 108 valence electrons. The van der Waals surface area contributed by atoms with E-state index in [-0.39, 0.29) is 16.7 Å². The summed E-state index contributed by atoms with van der Waals surface area (Å²) in [6.07, 6.45) is -4.67. The van der Waals surface area contributed by atoms with Gasteiger partial charge in [0.2, 0.25) is 0 Å². The van der Waals surface area contributed by atoms with Gasteiger partial charge in [-0.25, -0.2) is 4.39 Å². The van der Waals surface area contributed by atoms with Crippen LogP contribution in [0.25, 0.3) is 11.1 Å². The molecule has 0 atom stereocenters. The van der Waals surface area contributed by atoms with Crippen LogP contribution in [0.3, 0.4) is 0 Å². The van der Waals surface area contributed by atoms with E-state index in [0.717, 1.165) is 6.07 Å². The van der Waals surface area contributed by atoms with Gasteiger partial charge in [0.05, 0.1) is 5.56 Å². The molecule has 1 aromatic heterocycles. The van der Waals surface area contributed by atoms with Crippen molar-refractivity contribution >= 4 is 0 Å². The zero-order chi connectivity index (χ0) is 15.8. The highest BCUT2D eigenvalue weighted by Crippen LogP contribution is 2.33. The van der Waals surface area contributed by atoms with Crippen molar-refractivity contribution in [3.05, 3.63) is 57.3 Å². The standard InChI is InChI=1S/C14H8F4N2O/c1-7-4-10(11(6-19)13(21)20-7)9-3-2-8(5-12(9)15)14(16,17)18/h2-5H,1H3,(H,20,21). The van der Waals surface area contributed by atoms with Crippen molar-refractivity contribution in [2.45, 2.75) is 13.1 Å². The van der Waals surface area contributed by atoms with Gasteiger partial charge < -0.3 is 4.98 Å². The molecule has 7 heteroatoms. The van der Waals surface area contributed by atoms with Gasteiger partial charge in [0, 0.05) is 16.8 Å². The molecule has 0 aliphatic heterocycles. The Morgan fingerprint density at radius 1 is 1.19 bits per heavy atom. The summed E-state index contributed by atoms with van der Waals surface area (Å²) in [5.41, 5.74) is -2.10. The second-order valence-electron chi connectivity index (χ2n) is 4.37. The van der Waals surface area contributed by atoms with Crippen molar-refractivity contribution < 1.29 is 17.6 Å². The van der Waals surface area contributed by atoms with Gasteiger partial charge in [-0.2, -0.15) is 18.4 Å². The van der Waals surface area contributed by atoms with Crippen LogP contribution in [0.5, 0.6) is 0 Å². The Balaban J connectivity index is 2.70. The number of nitrogens with zero attached hydrogens (tertiary/aromatic N) is 1. The number of rotatable bonds is 1. The third kappa shape index (κ3) is 2.79. The Morgan fingerprint density at radius 2 is 1.86 bits per heavy atom. The average molecular weight is 296 g/mol. The molecule has 1 aromatic carbocycles. The highest BCUT2D eigenvalue weighted by Gasteiger charge is 2.31. The monoisotopic (exact) mass is 296 g/mol. The van der Waals surface area contributed by atoms with Gasteiger partial charge in [-0.1, -0.05) is 6.07 Å². The molecule has 0 aliphatic carbocycles. The number of aromatic amines is 1. The van der Waals surface area contributed by atoms with Crippen LogP contribution in [0.1, 0.15) is 16.8 Å². The number of pyridine rings is 1. The first-order chi connectivity index (χ1) is 9.74. The Bertz CT molecular complexity index is 800. The molecule has 0 radical (unpaired) electrons. The van der Waals surface area contributed by atoms with Crippen LogP contribution in [-0.2, 0) is 6.18 Å². The van der Waals surface area contributed by atoms with E-state index >= 15 is 0 Å². The number of hydrogen-bond donors (Lipinski definition) is 1. The number of aromatic nitrogens is 1. The maximum atomic E-state index is 13.9. The van der Waals surface area contributed by atoms with Gasteiger partial charge in [-0.3, -0.25) is 4.79 Å². The highest BCUT2D eigenvalue weighted by molar-refractivity contribution is 5.71. The number of H-pyrrole nitrogens is 1. The van der Waals surface area contributed by atoms with E-state index in [1.54, 1.807) is 6.07 Å². The number of hydrogen-bond acceptors (Lipinski definition) is 2. The van der Waals surface area contributed by atoms with E-state index in [0.29, 0.717) is 17.8 Å². The van der Waals surface area contributed by atoms with Crippen molar-refractivity contribution in [2.24, 2.45) is 0 Å². The van der Waals surface area contributed by atoms with E-state index in [1.165, 1.54) is 13.0 Å². The minimum Gasteiger partial charge on any atom is -0.325 e. The van der Waals surface area contributed by atoms with E-state index in [4.69, 9.17) is 5.26 Å². The fourth-order valence-corrected chi connectivity index (χ4v) is 1.92. The van der Waals surface area contributed by atoms with Gasteiger partial charge in [0.25, 0.3) is 5.56 Å². The summed E-state index contributed by atoms with van der Waals surface area (Å²) in [6, 6.07) is 4.92. The molecular weight excluding hydrogens is 288 g/mol.